The predicted molar refractivity (Wildman–Crippen MR) is 114 cm³/mol. The number of methoxy groups -OCH3 is 1. The van der Waals surface area contributed by atoms with Gasteiger partial charge in [-0.25, -0.2) is 0 Å². The van der Waals surface area contributed by atoms with Crippen molar-refractivity contribution in [1.29, 1.82) is 0 Å². The number of hydrogen-bond acceptors (Lipinski definition) is 6. The number of carbonyl (C=O) groups excluding carboxylic acids is 1. The number of aromatic nitrogens is 3. The van der Waals surface area contributed by atoms with Crippen molar-refractivity contribution in [3.05, 3.63) is 65.0 Å². The molecule has 0 atom stereocenters. The van der Waals surface area contributed by atoms with Crippen molar-refractivity contribution in [1.82, 2.24) is 14.8 Å². The minimum Gasteiger partial charge on any atom is -0.497 e. The monoisotopic (exact) mass is 411 g/mol. The number of rotatable bonds is 9. The average Bonchev–Trinajstić information content (AvgIpc) is 3.13. The molecule has 0 saturated carbocycles. The first-order valence-corrected chi connectivity index (χ1v) is 10.4. The topological polar surface area (TPSA) is 66.2 Å². The predicted octanol–water partition coefficient (Wildman–Crippen LogP) is 4.48. The molecular formula is C22H25N3O3S. The van der Waals surface area contributed by atoms with E-state index in [0.717, 1.165) is 33.6 Å². The number of hydrogen-bond donors (Lipinski definition) is 0. The van der Waals surface area contributed by atoms with Crippen LogP contribution in [0.4, 0.5) is 0 Å². The van der Waals surface area contributed by atoms with Gasteiger partial charge in [0, 0.05) is 12.1 Å². The molecule has 29 heavy (non-hydrogen) atoms. The highest BCUT2D eigenvalue weighted by atomic mass is 32.2. The van der Waals surface area contributed by atoms with Gasteiger partial charge in [0.15, 0.2) is 16.8 Å². The summed E-state index contributed by atoms with van der Waals surface area (Å²) in [4.78, 5) is 12.5. The molecule has 0 aliphatic rings. The van der Waals surface area contributed by atoms with Crippen molar-refractivity contribution in [2.24, 2.45) is 0 Å². The fourth-order valence-corrected chi connectivity index (χ4v) is 3.92. The van der Waals surface area contributed by atoms with E-state index in [-0.39, 0.29) is 5.78 Å². The van der Waals surface area contributed by atoms with Gasteiger partial charge in [-0.2, -0.15) is 0 Å². The minimum atomic E-state index is 0.0386. The highest BCUT2D eigenvalue weighted by Gasteiger charge is 2.15. The van der Waals surface area contributed by atoms with Crippen molar-refractivity contribution >= 4 is 17.5 Å². The molecular weight excluding hydrogens is 386 g/mol. The molecule has 0 saturated heterocycles. The van der Waals surface area contributed by atoms with Gasteiger partial charge in [0.2, 0.25) is 0 Å². The van der Waals surface area contributed by atoms with Gasteiger partial charge in [0.05, 0.1) is 12.9 Å². The maximum Gasteiger partial charge on any atom is 0.191 e. The maximum absolute atomic E-state index is 12.5. The van der Waals surface area contributed by atoms with Crippen molar-refractivity contribution in [3.63, 3.8) is 0 Å². The molecule has 0 bridgehead atoms. The summed E-state index contributed by atoms with van der Waals surface area (Å²) < 4.78 is 13.1. The zero-order chi connectivity index (χ0) is 20.8. The van der Waals surface area contributed by atoms with Crippen LogP contribution in [0.25, 0.3) is 0 Å². The number of thioether (sulfide) groups is 1. The largest absolute Gasteiger partial charge is 0.497 e. The molecule has 6 nitrogen and oxygen atoms in total. The standard InChI is InChI=1S/C22H25N3O3S/c1-5-25-20(13-28-21-15(2)7-6-8-16(21)3)23-24-22(25)29-14-19(26)17-9-11-18(27-4)12-10-17/h6-12H,5,13-14H2,1-4H3. The second kappa shape index (κ2) is 9.60. The van der Waals surface area contributed by atoms with Gasteiger partial charge in [-0.15, -0.1) is 10.2 Å². The summed E-state index contributed by atoms with van der Waals surface area (Å²) in [6.07, 6.45) is 0. The molecule has 0 radical (unpaired) electrons. The number of benzene rings is 2. The lowest BCUT2D eigenvalue weighted by atomic mass is 10.1. The highest BCUT2D eigenvalue weighted by Crippen LogP contribution is 2.24. The molecule has 3 rings (SSSR count). The van der Waals surface area contributed by atoms with Gasteiger partial charge in [0.1, 0.15) is 18.1 Å². The number of aryl methyl sites for hydroxylation is 2. The Morgan fingerprint density at radius 3 is 2.38 bits per heavy atom. The molecule has 1 heterocycles. The van der Waals surface area contributed by atoms with Crippen molar-refractivity contribution in [2.45, 2.75) is 39.1 Å². The number of para-hydroxylation sites is 1. The maximum atomic E-state index is 12.5. The Labute approximate surface area is 175 Å². The molecule has 2 aromatic carbocycles. The molecule has 0 spiro atoms. The Morgan fingerprint density at radius 2 is 1.76 bits per heavy atom. The first kappa shape index (κ1) is 20.9. The molecule has 0 aliphatic heterocycles. The normalized spacial score (nSPS) is 10.8. The smallest absolute Gasteiger partial charge is 0.191 e. The van der Waals surface area contributed by atoms with E-state index in [0.29, 0.717) is 24.5 Å². The first-order chi connectivity index (χ1) is 14.0. The van der Waals surface area contributed by atoms with E-state index in [2.05, 4.69) is 10.2 Å². The molecule has 0 aliphatic carbocycles. The van der Waals surface area contributed by atoms with E-state index in [1.54, 1.807) is 31.4 Å². The Balaban J connectivity index is 1.65. The molecule has 7 heteroatoms. The summed E-state index contributed by atoms with van der Waals surface area (Å²) >= 11 is 1.39. The van der Waals surface area contributed by atoms with Gasteiger partial charge in [-0.05, 0) is 56.2 Å². The summed E-state index contributed by atoms with van der Waals surface area (Å²) in [5.74, 6) is 2.68. The first-order valence-electron chi connectivity index (χ1n) is 9.44. The fraction of sp³-hybridized carbons (Fsp3) is 0.318. The van der Waals surface area contributed by atoms with E-state index in [1.807, 2.05) is 43.5 Å². The third-order valence-electron chi connectivity index (χ3n) is 4.61. The highest BCUT2D eigenvalue weighted by molar-refractivity contribution is 7.99. The minimum absolute atomic E-state index is 0.0386. The van der Waals surface area contributed by atoms with E-state index in [1.165, 1.54) is 11.8 Å². The van der Waals surface area contributed by atoms with Crippen LogP contribution in [-0.2, 0) is 13.2 Å². The Kier molecular flexibility index (Phi) is 6.93. The lowest BCUT2D eigenvalue weighted by Crippen LogP contribution is -2.09. The van der Waals surface area contributed by atoms with E-state index in [4.69, 9.17) is 9.47 Å². The zero-order valence-corrected chi connectivity index (χ0v) is 18.0. The van der Waals surface area contributed by atoms with Crippen molar-refractivity contribution in [2.75, 3.05) is 12.9 Å². The molecule has 0 amide bonds. The van der Waals surface area contributed by atoms with Gasteiger partial charge < -0.3 is 14.0 Å². The van der Waals surface area contributed by atoms with E-state index in [9.17, 15) is 4.79 Å². The third kappa shape index (κ3) is 4.98. The summed E-state index contributed by atoms with van der Waals surface area (Å²) in [5.41, 5.74) is 2.83. The summed E-state index contributed by atoms with van der Waals surface area (Å²) in [7, 11) is 1.60. The lowest BCUT2D eigenvalue weighted by molar-refractivity contribution is 0.102. The van der Waals surface area contributed by atoms with Crippen LogP contribution in [0.1, 0.15) is 34.2 Å². The van der Waals surface area contributed by atoms with Crippen molar-refractivity contribution in [3.8, 4) is 11.5 Å². The van der Waals surface area contributed by atoms with Gasteiger partial charge in [0.25, 0.3) is 0 Å². The van der Waals surface area contributed by atoms with Crippen LogP contribution in [0.2, 0.25) is 0 Å². The van der Waals surface area contributed by atoms with Crippen LogP contribution in [0.5, 0.6) is 11.5 Å². The number of ether oxygens (including phenoxy) is 2. The van der Waals surface area contributed by atoms with E-state index < -0.39 is 0 Å². The Bertz CT molecular complexity index is 963. The lowest BCUT2D eigenvalue weighted by Gasteiger charge is -2.12. The Hall–Kier alpha value is -2.80. The van der Waals surface area contributed by atoms with Crippen molar-refractivity contribution < 1.29 is 14.3 Å². The molecule has 0 N–H and O–H groups in total. The SMILES string of the molecule is CCn1c(COc2c(C)cccc2C)nnc1SCC(=O)c1ccc(OC)cc1. The van der Waals surface area contributed by atoms with Crippen LogP contribution in [0.15, 0.2) is 47.6 Å². The number of ketones is 1. The summed E-state index contributed by atoms with van der Waals surface area (Å²) in [6, 6.07) is 13.2. The van der Waals surface area contributed by atoms with Gasteiger partial charge in [-0.1, -0.05) is 30.0 Å². The second-order valence-electron chi connectivity index (χ2n) is 6.59. The summed E-state index contributed by atoms with van der Waals surface area (Å²) in [6.45, 7) is 7.12. The molecule has 0 unspecified atom stereocenters. The Morgan fingerprint density at radius 1 is 1.07 bits per heavy atom. The molecule has 1 aromatic heterocycles. The molecule has 3 aromatic rings. The van der Waals surface area contributed by atoms with Crippen LogP contribution in [0.3, 0.4) is 0 Å². The average molecular weight is 412 g/mol. The number of nitrogens with zero attached hydrogens (tertiary/aromatic N) is 3. The number of Topliss-reactive ketones (excluding diaryl/α,β-unsaturated/α-hetero) is 1. The van der Waals surface area contributed by atoms with Crippen LogP contribution in [-0.4, -0.2) is 33.4 Å². The van der Waals surface area contributed by atoms with Gasteiger partial charge in [-0.3, -0.25) is 4.79 Å². The third-order valence-corrected chi connectivity index (χ3v) is 5.58. The van der Waals surface area contributed by atoms with E-state index >= 15 is 0 Å². The zero-order valence-electron chi connectivity index (χ0n) is 17.1. The van der Waals surface area contributed by atoms with Crippen LogP contribution >= 0.6 is 11.8 Å². The number of carbonyl (C=O) groups is 1. The molecule has 152 valence electrons. The molecule has 0 fully saturated rings. The fourth-order valence-electron chi connectivity index (χ4n) is 3.00. The second-order valence-corrected chi connectivity index (χ2v) is 7.54. The summed E-state index contributed by atoms with van der Waals surface area (Å²) in [5, 5.41) is 9.25. The van der Waals surface area contributed by atoms with Crippen LogP contribution < -0.4 is 9.47 Å². The quantitative estimate of drug-likeness (QED) is 0.382. The van der Waals surface area contributed by atoms with Gasteiger partial charge >= 0.3 is 0 Å². The van der Waals surface area contributed by atoms with Crippen LogP contribution in [0, 0.1) is 13.8 Å².